The summed E-state index contributed by atoms with van der Waals surface area (Å²) < 4.78 is 16.7. The van der Waals surface area contributed by atoms with Gasteiger partial charge in [-0.05, 0) is 17.7 Å². The van der Waals surface area contributed by atoms with Crippen molar-refractivity contribution in [2.45, 2.75) is 13.1 Å². The van der Waals surface area contributed by atoms with Gasteiger partial charge >= 0.3 is 0 Å². The van der Waals surface area contributed by atoms with E-state index in [1.54, 1.807) is 24.3 Å². The van der Waals surface area contributed by atoms with Crippen LogP contribution in [-0.4, -0.2) is 24.5 Å². The first-order valence-electron chi connectivity index (χ1n) is 7.89. The molecule has 0 unspecified atom stereocenters. The van der Waals surface area contributed by atoms with E-state index in [1.165, 1.54) is 21.6 Å². The summed E-state index contributed by atoms with van der Waals surface area (Å²) in [7, 11) is 0. The fraction of sp³-hybridized carbons (Fsp3) is 0.111. The fourth-order valence-electron chi connectivity index (χ4n) is 2.70. The van der Waals surface area contributed by atoms with Crippen LogP contribution in [0.4, 0.5) is 4.39 Å². The molecule has 8 heteroatoms. The Bertz CT molecular complexity index is 1150. The van der Waals surface area contributed by atoms with Crippen molar-refractivity contribution in [2.24, 2.45) is 0 Å². The molecule has 2 aromatic heterocycles. The van der Waals surface area contributed by atoms with E-state index in [4.69, 9.17) is 11.6 Å². The molecule has 0 saturated carbocycles. The number of aromatic nitrogens is 5. The third-order valence-electron chi connectivity index (χ3n) is 4.07. The van der Waals surface area contributed by atoms with Crippen LogP contribution in [-0.2, 0) is 13.1 Å². The van der Waals surface area contributed by atoms with Crippen molar-refractivity contribution < 1.29 is 4.39 Å². The quantitative estimate of drug-likeness (QED) is 0.555. The minimum absolute atomic E-state index is 0.0752. The molecule has 4 rings (SSSR count). The van der Waals surface area contributed by atoms with Crippen molar-refractivity contribution in [3.05, 3.63) is 87.2 Å². The maximum atomic E-state index is 13.8. The molecule has 0 fully saturated rings. The molecule has 26 heavy (non-hydrogen) atoms. The van der Waals surface area contributed by atoms with E-state index in [0.29, 0.717) is 22.8 Å². The van der Waals surface area contributed by atoms with Crippen LogP contribution in [0.2, 0.25) is 5.02 Å². The molecule has 0 aliphatic heterocycles. The molecule has 2 heterocycles. The Kier molecular flexibility index (Phi) is 4.22. The smallest absolute Gasteiger partial charge is 0.283 e. The Hall–Kier alpha value is -3.06. The van der Waals surface area contributed by atoms with Gasteiger partial charge in [0, 0.05) is 10.6 Å². The van der Waals surface area contributed by atoms with E-state index in [0.717, 1.165) is 5.56 Å². The molecule has 0 atom stereocenters. The van der Waals surface area contributed by atoms with Crippen molar-refractivity contribution in [1.82, 2.24) is 24.5 Å². The fourth-order valence-corrected chi connectivity index (χ4v) is 2.90. The lowest BCUT2D eigenvalue weighted by atomic mass is 10.2. The standard InChI is InChI=1S/C18H13ClFN5O/c19-14-7-3-1-5-12(14)10-25-17-16(22-23-25)18(26)24(11-21-17)9-13-6-2-4-8-15(13)20/h1-8,11H,9-10H2. The normalized spacial score (nSPS) is 11.2. The molecular formula is C18H13ClFN5O. The zero-order valence-corrected chi connectivity index (χ0v) is 14.3. The van der Waals surface area contributed by atoms with Crippen molar-refractivity contribution >= 4 is 22.8 Å². The lowest BCUT2D eigenvalue weighted by Crippen LogP contribution is -2.22. The number of fused-ring (bicyclic) bond motifs is 1. The Morgan fingerprint density at radius 2 is 1.73 bits per heavy atom. The topological polar surface area (TPSA) is 65.6 Å². The molecule has 130 valence electrons. The molecule has 0 aliphatic carbocycles. The van der Waals surface area contributed by atoms with Crippen LogP contribution in [0.25, 0.3) is 11.2 Å². The Morgan fingerprint density at radius 1 is 1.00 bits per heavy atom. The summed E-state index contributed by atoms with van der Waals surface area (Å²) in [5, 5.41) is 8.57. The zero-order valence-electron chi connectivity index (χ0n) is 13.5. The van der Waals surface area contributed by atoms with Gasteiger partial charge in [0.1, 0.15) is 12.1 Å². The molecule has 0 bridgehead atoms. The summed E-state index contributed by atoms with van der Waals surface area (Å²) in [5.74, 6) is -0.373. The minimum atomic E-state index is -0.373. The number of hydrogen-bond donors (Lipinski definition) is 0. The van der Waals surface area contributed by atoms with E-state index in [1.807, 2.05) is 18.2 Å². The van der Waals surface area contributed by atoms with Crippen molar-refractivity contribution in [2.75, 3.05) is 0 Å². The molecule has 0 radical (unpaired) electrons. The Labute approximate surface area is 152 Å². The highest BCUT2D eigenvalue weighted by Gasteiger charge is 2.14. The number of benzene rings is 2. The molecule has 0 aliphatic rings. The van der Waals surface area contributed by atoms with E-state index < -0.39 is 0 Å². The summed E-state index contributed by atoms with van der Waals surface area (Å²) in [6.45, 7) is 0.422. The second-order valence-corrected chi connectivity index (χ2v) is 6.19. The molecule has 0 spiro atoms. The van der Waals surface area contributed by atoms with Gasteiger partial charge in [0.05, 0.1) is 13.1 Å². The number of hydrogen-bond acceptors (Lipinski definition) is 4. The van der Waals surface area contributed by atoms with Gasteiger partial charge in [0.25, 0.3) is 5.56 Å². The first-order valence-corrected chi connectivity index (χ1v) is 8.27. The first kappa shape index (κ1) is 16.4. The highest BCUT2D eigenvalue weighted by Crippen LogP contribution is 2.17. The molecule has 0 amide bonds. The van der Waals surface area contributed by atoms with Crippen LogP contribution in [0, 0.1) is 5.82 Å². The molecule has 2 aromatic carbocycles. The van der Waals surface area contributed by atoms with E-state index >= 15 is 0 Å². The number of halogens is 2. The first-order chi connectivity index (χ1) is 12.6. The van der Waals surface area contributed by atoms with Crippen LogP contribution in [0.5, 0.6) is 0 Å². The van der Waals surface area contributed by atoms with Crippen LogP contribution >= 0.6 is 11.6 Å². The summed E-state index contributed by atoms with van der Waals surface area (Å²) in [6.07, 6.45) is 1.38. The maximum Gasteiger partial charge on any atom is 0.283 e. The lowest BCUT2D eigenvalue weighted by molar-refractivity contribution is 0.595. The average Bonchev–Trinajstić information content (AvgIpc) is 3.05. The van der Waals surface area contributed by atoms with E-state index in [-0.39, 0.29) is 23.4 Å². The average molecular weight is 370 g/mol. The van der Waals surface area contributed by atoms with Crippen molar-refractivity contribution in [1.29, 1.82) is 0 Å². The van der Waals surface area contributed by atoms with Gasteiger partial charge in [-0.25, -0.2) is 14.1 Å². The second kappa shape index (κ2) is 6.68. The second-order valence-electron chi connectivity index (χ2n) is 5.78. The van der Waals surface area contributed by atoms with Crippen LogP contribution in [0.1, 0.15) is 11.1 Å². The van der Waals surface area contributed by atoms with Gasteiger partial charge in [0.2, 0.25) is 0 Å². The van der Waals surface area contributed by atoms with Crippen LogP contribution < -0.4 is 5.56 Å². The maximum absolute atomic E-state index is 13.8. The predicted octanol–water partition coefficient (Wildman–Crippen LogP) is 2.88. The van der Waals surface area contributed by atoms with Crippen LogP contribution in [0.15, 0.2) is 59.7 Å². The van der Waals surface area contributed by atoms with Crippen molar-refractivity contribution in [3.63, 3.8) is 0 Å². The Morgan fingerprint density at radius 3 is 2.50 bits per heavy atom. The highest BCUT2D eigenvalue weighted by atomic mass is 35.5. The third kappa shape index (κ3) is 2.97. The Balaban J connectivity index is 1.71. The third-order valence-corrected chi connectivity index (χ3v) is 4.44. The van der Waals surface area contributed by atoms with Gasteiger partial charge in [-0.3, -0.25) is 9.36 Å². The number of rotatable bonds is 4. The van der Waals surface area contributed by atoms with E-state index in [9.17, 15) is 9.18 Å². The SMILES string of the molecule is O=c1c2nnn(Cc3ccccc3Cl)c2ncn1Cc1ccccc1F. The van der Waals surface area contributed by atoms with Gasteiger partial charge < -0.3 is 0 Å². The lowest BCUT2D eigenvalue weighted by Gasteiger charge is -2.07. The largest absolute Gasteiger partial charge is 0.293 e. The molecule has 4 aromatic rings. The molecular weight excluding hydrogens is 357 g/mol. The molecule has 6 nitrogen and oxygen atoms in total. The molecule has 0 N–H and O–H groups in total. The van der Waals surface area contributed by atoms with Gasteiger partial charge in [-0.15, -0.1) is 5.10 Å². The summed E-state index contributed by atoms with van der Waals surface area (Å²) in [6, 6.07) is 13.7. The van der Waals surface area contributed by atoms with Crippen LogP contribution in [0.3, 0.4) is 0 Å². The predicted molar refractivity (Wildman–Crippen MR) is 95.6 cm³/mol. The minimum Gasteiger partial charge on any atom is -0.293 e. The summed E-state index contributed by atoms with van der Waals surface area (Å²) in [4.78, 5) is 16.9. The summed E-state index contributed by atoms with van der Waals surface area (Å²) in [5.41, 5.74) is 1.37. The molecule has 0 saturated heterocycles. The monoisotopic (exact) mass is 369 g/mol. The zero-order chi connectivity index (χ0) is 18.1. The van der Waals surface area contributed by atoms with Gasteiger partial charge in [-0.2, -0.15) is 0 Å². The van der Waals surface area contributed by atoms with Crippen molar-refractivity contribution in [3.8, 4) is 0 Å². The van der Waals surface area contributed by atoms with Gasteiger partial charge in [-0.1, -0.05) is 53.2 Å². The van der Waals surface area contributed by atoms with E-state index in [2.05, 4.69) is 15.3 Å². The summed E-state index contributed by atoms with van der Waals surface area (Å²) >= 11 is 6.17. The number of nitrogens with zero attached hydrogens (tertiary/aromatic N) is 5. The highest BCUT2D eigenvalue weighted by molar-refractivity contribution is 6.31. The van der Waals surface area contributed by atoms with Gasteiger partial charge in [0.15, 0.2) is 11.2 Å².